The Morgan fingerprint density at radius 2 is 1.89 bits per heavy atom. The van der Waals surface area contributed by atoms with Gasteiger partial charge in [0.05, 0.1) is 5.69 Å². The number of thiazole rings is 1. The Hall–Kier alpha value is -3.78. The lowest BCUT2D eigenvalue weighted by atomic mass is 10.1. The molecule has 2 aromatic carbocycles. The van der Waals surface area contributed by atoms with Crippen molar-refractivity contribution in [2.75, 3.05) is 5.32 Å². The van der Waals surface area contributed by atoms with Crippen molar-refractivity contribution in [3.05, 3.63) is 82.9 Å². The highest BCUT2D eigenvalue weighted by Gasteiger charge is 2.14. The molecule has 0 spiro atoms. The van der Waals surface area contributed by atoms with Crippen LogP contribution in [0.3, 0.4) is 0 Å². The van der Waals surface area contributed by atoms with Gasteiger partial charge in [-0.05, 0) is 36.4 Å². The van der Waals surface area contributed by atoms with Crippen LogP contribution in [-0.4, -0.2) is 16.8 Å². The van der Waals surface area contributed by atoms with Crippen molar-refractivity contribution in [3.8, 4) is 0 Å². The molecule has 4 aromatic rings. The van der Waals surface area contributed by atoms with E-state index in [-0.39, 0.29) is 17.0 Å². The molecule has 0 aliphatic carbocycles. The number of carbonyl (C=O) groups excluding carboxylic acids is 2. The van der Waals surface area contributed by atoms with Crippen molar-refractivity contribution in [2.24, 2.45) is 10.7 Å². The Morgan fingerprint density at radius 1 is 1.11 bits per heavy atom. The van der Waals surface area contributed by atoms with Crippen LogP contribution in [-0.2, 0) is 0 Å². The fraction of sp³-hybridized carbons (Fsp3) is 0. The Labute approximate surface area is 163 Å². The number of carbonyl (C=O) groups is 2. The maximum atomic E-state index is 12.8. The van der Waals surface area contributed by atoms with Crippen LogP contribution in [0.5, 0.6) is 0 Å². The zero-order valence-corrected chi connectivity index (χ0v) is 15.3. The van der Waals surface area contributed by atoms with Gasteiger partial charge in [-0.3, -0.25) is 14.9 Å². The summed E-state index contributed by atoms with van der Waals surface area (Å²) < 4.78 is 5.88. The summed E-state index contributed by atoms with van der Waals surface area (Å²) in [6.45, 7) is 0. The van der Waals surface area contributed by atoms with Gasteiger partial charge < -0.3 is 10.2 Å². The first-order valence-electron chi connectivity index (χ1n) is 8.28. The summed E-state index contributed by atoms with van der Waals surface area (Å²) in [4.78, 5) is 32.5. The van der Waals surface area contributed by atoms with Crippen molar-refractivity contribution in [1.82, 2.24) is 4.98 Å². The Balaban J connectivity index is 1.82. The number of hydrogen-bond acceptors (Lipinski definition) is 6. The minimum atomic E-state index is -0.523. The number of anilines is 1. The maximum Gasteiger partial charge on any atom is 0.262 e. The van der Waals surface area contributed by atoms with E-state index in [4.69, 9.17) is 10.2 Å². The molecule has 0 aliphatic heterocycles. The third kappa shape index (κ3) is 3.67. The van der Waals surface area contributed by atoms with Gasteiger partial charge in [-0.25, -0.2) is 9.98 Å². The minimum absolute atomic E-state index is 0.152. The summed E-state index contributed by atoms with van der Waals surface area (Å²) in [6, 6.07) is 15.5. The predicted octanol–water partition coefficient (Wildman–Crippen LogP) is 3.47. The van der Waals surface area contributed by atoms with Crippen molar-refractivity contribution in [2.45, 2.75) is 0 Å². The van der Waals surface area contributed by atoms with Gasteiger partial charge in [0.25, 0.3) is 5.91 Å². The molecule has 0 bridgehead atoms. The highest BCUT2D eigenvalue weighted by molar-refractivity contribution is 7.13. The molecule has 0 fully saturated rings. The second kappa shape index (κ2) is 7.45. The number of para-hydroxylation sites is 1. The molecule has 4 rings (SSSR count). The smallest absolute Gasteiger partial charge is 0.262 e. The van der Waals surface area contributed by atoms with E-state index in [0.29, 0.717) is 22.0 Å². The van der Waals surface area contributed by atoms with E-state index in [0.717, 1.165) is 5.39 Å². The van der Waals surface area contributed by atoms with E-state index < -0.39 is 5.91 Å². The molecule has 8 heteroatoms. The number of hydrogen-bond donors (Lipinski definition) is 2. The van der Waals surface area contributed by atoms with E-state index in [1.54, 1.807) is 48.0 Å². The van der Waals surface area contributed by atoms with Gasteiger partial charge in [0.1, 0.15) is 11.1 Å². The molecule has 2 aromatic heterocycles. The summed E-state index contributed by atoms with van der Waals surface area (Å²) in [5.74, 6) is -0.901. The largest absolute Gasteiger partial charge is 0.438 e. The standard InChI is InChI=1S/C20H14N4O3S/c21-17(25)12-5-7-14(8-6-12)23-19-15(18(26)24-20-22-9-10-28-20)11-13-3-1-2-4-16(13)27-19/h1-11H,(H2,21,25)(H,22,24,26). The number of nitrogens with one attached hydrogen (secondary N) is 1. The highest BCUT2D eigenvalue weighted by Crippen LogP contribution is 2.17. The SMILES string of the molecule is NC(=O)c1ccc(N=c2oc3ccccc3cc2C(=O)Nc2nccs2)cc1. The highest BCUT2D eigenvalue weighted by atomic mass is 32.1. The van der Waals surface area contributed by atoms with E-state index >= 15 is 0 Å². The van der Waals surface area contributed by atoms with Crippen LogP contribution in [0.25, 0.3) is 11.0 Å². The molecule has 0 radical (unpaired) electrons. The molecular weight excluding hydrogens is 376 g/mol. The second-order valence-corrected chi connectivity index (χ2v) is 6.71. The topological polar surface area (TPSA) is 111 Å². The molecule has 3 N–H and O–H groups in total. The number of primary amides is 1. The van der Waals surface area contributed by atoms with Gasteiger partial charge in [-0.1, -0.05) is 18.2 Å². The average molecular weight is 390 g/mol. The number of aromatic nitrogens is 1. The Bertz CT molecular complexity index is 1230. The first-order valence-corrected chi connectivity index (χ1v) is 9.16. The maximum absolute atomic E-state index is 12.8. The Kier molecular flexibility index (Phi) is 4.69. The van der Waals surface area contributed by atoms with Gasteiger partial charge in [0.15, 0.2) is 5.13 Å². The lowest BCUT2D eigenvalue weighted by Crippen LogP contribution is -2.21. The van der Waals surface area contributed by atoms with Gasteiger partial charge in [-0.2, -0.15) is 0 Å². The van der Waals surface area contributed by atoms with Gasteiger partial charge in [-0.15, -0.1) is 11.3 Å². The summed E-state index contributed by atoms with van der Waals surface area (Å²) >= 11 is 1.32. The number of nitrogens with two attached hydrogens (primary N) is 1. The van der Waals surface area contributed by atoms with Crippen molar-refractivity contribution in [3.63, 3.8) is 0 Å². The molecular formula is C20H14N4O3S. The zero-order valence-electron chi connectivity index (χ0n) is 14.5. The number of amides is 2. The molecule has 0 aliphatic rings. The predicted molar refractivity (Wildman–Crippen MR) is 106 cm³/mol. The summed E-state index contributed by atoms with van der Waals surface area (Å²) in [7, 11) is 0. The van der Waals surface area contributed by atoms with Gasteiger partial charge >= 0.3 is 0 Å². The molecule has 0 saturated heterocycles. The van der Waals surface area contributed by atoms with Gasteiger partial charge in [0.2, 0.25) is 11.5 Å². The van der Waals surface area contributed by atoms with E-state index in [1.807, 2.05) is 18.2 Å². The molecule has 0 saturated carbocycles. The fourth-order valence-electron chi connectivity index (χ4n) is 2.58. The number of nitrogens with zero attached hydrogens (tertiary/aromatic N) is 2. The zero-order chi connectivity index (χ0) is 19.5. The van der Waals surface area contributed by atoms with E-state index in [9.17, 15) is 9.59 Å². The quantitative estimate of drug-likeness (QED) is 0.556. The van der Waals surface area contributed by atoms with Crippen LogP contribution < -0.4 is 16.6 Å². The first-order chi connectivity index (χ1) is 13.6. The molecule has 0 unspecified atom stereocenters. The normalized spacial score (nSPS) is 11.5. The summed E-state index contributed by atoms with van der Waals surface area (Å²) in [6.07, 6.45) is 1.61. The summed E-state index contributed by atoms with van der Waals surface area (Å²) in [5, 5.41) is 5.76. The number of rotatable bonds is 4. The van der Waals surface area contributed by atoms with Crippen LogP contribution in [0.15, 0.2) is 75.6 Å². The van der Waals surface area contributed by atoms with E-state index in [2.05, 4.69) is 15.3 Å². The Morgan fingerprint density at radius 3 is 2.61 bits per heavy atom. The number of benzene rings is 2. The molecule has 2 amide bonds. The third-order valence-corrected chi connectivity index (χ3v) is 4.62. The van der Waals surface area contributed by atoms with Crippen molar-refractivity contribution < 1.29 is 14.0 Å². The monoisotopic (exact) mass is 390 g/mol. The van der Waals surface area contributed by atoms with Gasteiger partial charge in [0, 0.05) is 22.5 Å². The third-order valence-electron chi connectivity index (χ3n) is 3.94. The molecule has 138 valence electrons. The minimum Gasteiger partial charge on any atom is -0.438 e. The van der Waals surface area contributed by atoms with Crippen molar-refractivity contribution >= 4 is 44.9 Å². The van der Waals surface area contributed by atoms with Crippen molar-refractivity contribution in [1.29, 1.82) is 0 Å². The first kappa shape index (κ1) is 17.6. The fourth-order valence-corrected chi connectivity index (χ4v) is 3.11. The second-order valence-electron chi connectivity index (χ2n) is 5.82. The lowest BCUT2D eigenvalue weighted by Gasteiger charge is -2.05. The average Bonchev–Trinajstić information content (AvgIpc) is 3.21. The van der Waals surface area contributed by atoms with Crippen LogP contribution in [0.4, 0.5) is 10.8 Å². The molecule has 2 heterocycles. The van der Waals surface area contributed by atoms with Crippen LogP contribution in [0.1, 0.15) is 20.7 Å². The lowest BCUT2D eigenvalue weighted by molar-refractivity contribution is 0.0997. The number of fused-ring (bicyclic) bond motifs is 1. The van der Waals surface area contributed by atoms with Crippen LogP contribution in [0, 0.1) is 0 Å². The molecule has 7 nitrogen and oxygen atoms in total. The molecule has 28 heavy (non-hydrogen) atoms. The van der Waals surface area contributed by atoms with Crippen LogP contribution in [0.2, 0.25) is 0 Å². The van der Waals surface area contributed by atoms with Crippen LogP contribution >= 0.6 is 11.3 Å². The molecule has 0 atom stereocenters. The summed E-state index contributed by atoms with van der Waals surface area (Å²) in [5.41, 5.74) is 7.17. The van der Waals surface area contributed by atoms with E-state index in [1.165, 1.54) is 11.3 Å².